The van der Waals surface area contributed by atoms with E-state index >= 15 is 0 Å². The van der Waals surface area contributed by atoms with Gasteiger partial charge < -0.3 is 14.9 Å². The van der Waals surface area contributed by atoms with Gasteiger partial charge in [-0.15, -0.1) is 0 Å². The third kappa shape index (κ3) is 1.37. The second kappa shape index (κ2) is 3.06. The fourth-order valence-electron chi connectivity index (χ4n) is 1.62. The zero-order valence-corrected chi connectivity index (χ0v) is 7.78. The van der Waals surface area contributed by atoms with Crippen LogP contribution >= 0.6 is 0 Å². The average molecular weight is 197 g/mol. The van der Waals surface area contributed by atoms with Gasteiger partial charge >= 0.3 is 11.9 Å². The number of aromatic nitrogens is 2. The monoisotopic (exact) mass is 197 g/mol. The molecule has 2 N–H and O–H groups in total. The van der Waals surface area contributed by atoms with Gasteiger partial charge in [0, 0.05) is 0 Å². The summed E-state index contributed by atoms with van der Waals surface area (Å²) in [6.07, 6.45) is 1.93. The Morgan fingerprint density at radius 3 is 3.00 bits per heavy atom. The molecule has 0 radical (unpaired) electrons. The highest BCUT2D eigenvalue weighted by Gasteiger charge is 2.35. The minimum Gasteiger partial charge on any atom is -0.474 e. The number of hydrogen-bond acceptors (Lipinski definition) is 5. The molecule has 6 heteroatoms. The molecule has 1 saturated heterocycles. The number of nitrogens with one attached hydrogen (secondary N) is 1. The molecule has 76 valence electrons. The third-order valence-electron chi connectivity index (χ3n) is 2.47. The first-order valence-electron chi connectivity index (χ1n) is 4.44. The Kier molecular flexibility index (Phi) is 1.99. The van der Waals surface area contributed by atoms with Crippen molar-refractivity contribution in [2.45, 2.75) is 25.3 Å². The van der Waals surface area contributed by atoms with Crippen molar-refractivity contribution in [2.24, 2.45) is 0 Å². The standard InChI is InChI=1S/C8H11N3O3/c1-8(3-2-4-9-8)7-10-5(6(12)13)14-11-7/h9H,2-4H2,1H3,(H,12,13)/t8-/m1/s1. The number of aromatic carboxylic acids is 1. The van der Waals surface area contributed by atoms with E-state index in [1.807, 2.05) is 6.92 Å². The van der Waals surface area contributed by atoms with E-state index in [0.717, 1.165) is 19.4 Å². The van der Waals surface area contributed by atoms with E-state index in [2.05, 4.69) is 20.0 Å². The molecule has 0 unspecified atom stereocenters. The first-order chi connectivity index (χ1) is 6.62. The van der Waals surface area contributed by atoms with Crippen LogP contribution in [0.3, 0.4) is 0 Å². The summed E-state index contributed by atoms with van der Waals surface area (Å²) in [6.45, 7) is 2.84. The van der Waals surface area contributed by atoms with Crippen molar-refractivity contribution in [1.82, 2.24) is 15.5 Å². The van der Waals surface area contributed by atoms with Crippen molar-refractivity contribution in [3.8, 4) is 0 Å². The van der Waals surface area contributed by atoms with Gasteiger partial charge in [0.1, 0.15) is 0 Å². The van der Waals surface area contributed by atoms with Gasteiger partial charge in [0.25, 0.3) is 0 Å². The van der Waals surface area contributed by atoms with E-state index in [4.69, 9.17) is 5.11 Å². The maximum Gasteiger partial charge on any atom is 0.394 e. The predicted octanol–water partition coefficient (Wildman–Crippen LogP) is 0.366. The highest BCUT2D eigenvalue weighted by molar-refractivity contribution is 5.81. The van der Waals surface area contributed by atoms with Crippen LogP contribution in [-0.4, -0.2) is 27.8 Å². The van der Waals surface area contributed by atoms with E-state index in [1.165, 1.54) is 0 Å². The van der Waals surface area contributed by atoms with Crippen LogP contribution in [0.2, 0.25) is 0 Å². The number of carboxylic acid groups (broad SMARTS) is 1. The molecule has 1 aliphatic rings. The fraction of sp³-hybridized carbons (Fsp3) is 0.625. The summed E-state index contributed by atoms with van der Waals surface area (Å²) in [4.78, 5) is 14.3. The lowest BCUT2D eigenvalue weighted by Gasteiger charge is -2.18. The second-order valence-electron chi connectivity index (χ2n) is 3.59. The zero-order chi connectivity index (χ0) is 10.2. The average Bonchev–Trinajstić information content (AvgIpc) is 2.71. The maximum atomic E-state index is 10.5. The van der Waals surface area contributed by atoms with Gasteiger partial charge in [-0.2, -0.15) is 4.98 Å². The summed E-state index contributed by atoms with van der Waals surface area (Å²) in [5, 5.41) is 15.5. The number of hydrogen-bond donors (Lipinski definition) is 2. The Morgan fingerprint density at radius 1 is 1.71 bits per heavy atom. The number of rotatable bonds is 2. The predicted molar refractivity (Wildman–Crippen MR) is 45.8 cm³/mol. The normalized spacial score (nSPS) is 26.6. The van der Waals surface area contributed by atoms with Crippen LogP contribution in [0.15, 0.2) is 4.52 Å². The highest BCUT2D eigenvalue weighted by atomic mass is 16.5. The smallest absolute Gasteiger partial charge is 0.394 e. The molecule has 0 aromatic carbocycles. The lowest BCUT2D eigenvalue weighted by atomic mass is 10.00. The van der Waals surface area contributed by atoms with E-state index in [1.54, 1.807) is 0 Å². The molecule has 0 saturated carbocycles. The van der Waals surface area contributed by atoms with Crippen molar-refractivity contribution in [3.63, 3.8) is 0 Å². The molecule has 0 spiro atoms. The maximum absolute atomic E-state index is 10.5. The summed E-state index contributed by atoms with van der Waals surface area (Å²) < 4.78 is 4.60. The quantitative estimate of drug-likeness (QED) is 0.711. The van der Waals surface area contributed by atoms with Crippen molar-refractivity contribution in [1.29, 1.82) is 0 Å². The summed E-state index contributed by atoms with van der Waals surface area (Å²) in [7, 11) is 0. The minimum absolute atomic E-state index is 0.336. The van der Waals surface area contributed by atoms with Crippen molar-refractivity contribution < 1.29 is 14.4 Å². The Morgan fingerprint density at radius 2 is 2.50 bits per heavy atom. The van der Waals surface area contributed by atoms with E-state index in [-0.39, 0.29) is 11.4 Å². The molecule has 1 fully saturated rings. The van der Waals surface area contributed by atoms with Crippen LogP contribution in [0.5, 0.6) is 0 Å². The molecular formula is C8H11N3O3. The Balaban J connectivity index is 2.28. The van der Waals surface area contributed by atoms with Gasteiger partial charge in [-0.05, 0) is 26.3 Å². The van der Waals surface area contributed by atoms with Gasteiger partial charge in [-0.1, -0.05) is 5.16 Å². The molecular weight excluding hydrogens is 186 g/mol. The number of carboxylic acids is 1. The molecule has 1 aromatic heterocycles. The molecule has 0 bridgehead atoms. The molecule has 6 nitrogen and oxygen atoms in total. The highest BCUT2D eigenvalue weighted by Crippen LogP contribution is 2.27. The molecule has 1 aliphatic heterocycles. The molecule has 1 atom stereocenters. The van der Waals surface area contributed by atoms with Crippen LogP contribution < -0.4 is 5.32 Å². The topological polar surface area (TPSA) is 88.2 Å². The first kappa shape index (κ1) is 9.14. The Labute approximate surface area is 80.3 Å². The van der Waals surface area contributed by atoms with E-state index in [9.17, 15) is 4.79 Å². The largest absolute Gasteiger partial charge is 0.474 e. The van der Waals surface area contributed by atoms with Gasteiger partial charge in [-0.3, -0.25) is 0 Å². The lowest BCUT2D eigenvalue weighted by molar-refractivity contribution is 0.0643. The van der Waals surface area contributed by atoms with Gasteiger partial charge in [0.05, 0.1) is 5.54 Å². The van der Waals surface area contributed by atoms with Crippen molar-refractivity contribution >= 4 is 5.97 Å². The van der Waals surface area contributed by atoms with E-state index in [0.29, 0.717) is 5.82 Å². The Bertz CT molecular complexity index is 354. The van der Waals surface area contributed by atoms with Crippen LogP contribution in [0.1, 0.15) is 36.3 Å². The first-order valence-corrected chi connectivity index (χ1v) is 4.44. The lowest BCUT2D eigenvalue weighted by Crippen LogP contribution is -2.34. The number of carbonyl (C=O) groups is 1. The third-order valence-corrected chi connectivity index (χ3v) is 2.47. The minimum atomic E-state index is -1.19. The SMILES string of the molecule is C[C@]1(c2noc(C(=O)O)n2)CCCN1. The summed E-state index contributed by atoms with van der Waals surface area (Å²) in [6, 6.07) is 0. The van der Waals surface area contributed by atoms with Crippen molar-refractivity contribution in [2.75, 3.05) is 6.54 Å². The van der Waals surface area contributed by atoms with Gasteiger partial charge in [0.2, 0.25) is 0 Å². The van der Waals surface area contributed by atoms with Crippen LogP contribution in [0.4, 0.5) is 0 Å². The molecule has 14 heavy (non-hydrogen) atoms. The van der Waals surface area contributed by atoms with E-state index < -0.39 is 5.97 Å². The fourth-order valence-corrected chi connectivity index (χ4v) is 1.62. The number of nitrogens with zero attached hydrogens (tertiary/aromatic N) is 2. The van der Waals surface area contributed by atoms with Crippen LogP contribution in [-0.2, 0) is 5.54 Å². The van der Waals surface area contributed by atoms with Gasteiger partial charge in [0.15, 0.2) is 5.82 Å². The van der Waals surface area contributed by atoms with Gasteiger partial charge in [-0.25, -0.2) is 4.79 Å². The Hall–Kier alpha value is -1.43. The summed E-state index contributed by atoms with van der Waals surface area (Å²) >= 11 is 0. The molecule has 1 aromatic rings. The summed E-state index contributed by atoms with van der Waals surface area (Å²) in [5.74, 6) is -1.12. The summed E-state index contributed by atoms with van der Waals surface area (Å²) in [5.41, 5.74) is -0.336. The molecule has 2 heterocycles. The molecule has 0 amide bonds. The molecule has 0 aliphatic carbocycles. The molecule has 2 rings (SSSR count). The zero-order valence-electron chi connectivity index (χ0n) is 7.78. The van der Waals surface area contributed by atoms with Crippen LogP contribution in [0, 0.1) is 0 Å². The van der Waals surface area contributed by atoms with Crippen LogP contribution in [0.25, 0.3) is 0 Å². The van der Waals surface area contributed by atoms with Crippen molar-refractivity contribution in [3.05, 3.63) is 11.7 Å². The second-order valence-corrected chi connectivity index (χ2v) is 3.59.